The van der Waals surface area contributed by atoms with Crippen LogP contribution in [0.2, 0.25) is 0 Å². The van der Waals surface area contributed by atoms with E-state index < -0.39 is 6.29 Å². The summed E-state index contributed by atoms with van der Waals surface area (Å²) in [5.41, 5.74) is 3.67. The maximum absolute atomic E-state index is 12.8. The van der Waals surface area contributed by atoms with E-state index in [1.165, 1.54) is 0 Å². The fourth-order valence-corrected chi connectivity index (χ4v) is 3.55. The molecule has 6 heteroatoms. The number of rotatable bonds is 4. The van der Waals surface area contributed by atoms with E-state index in [0.717, 1.165) is 33.6 Å². The summed E-state index contributed by atoms with van der Waals surface area (Å²) >= 11 is 0. The van der Waals surface area contributed by atoms with Gasteiger partial charge < -0.3 is 19.2 Å². The molecule has 26 heavy (non-hydrogen) atoms. The first-order valence-corrected chi connectivity index (χ1v) is 8.41. The molecule has 1 aliphatic rings. The molecule has 0 fully saturated rings. The monoisotopic (exact) mass is 352 g/mol. The number of ether oxygens (including phenoxy) is 3. The molecule has 2 aromatic carbocycles. The molecular formula is C20H20N2O4. The third-order valence-electron chi connectivity index (χ3n) is 4.65. The smallest absolute Gasteiger partial charge is 0.331 e. The van der Waals surface area contributed by atoms with Crippen LogP contribution >= 0.6 is 0 Å². The summed E-state index contributed by atoms with van der Waals surface area (Å²) in [5, 5.41) is 0. The lowest BCUT2D eigenvalue weighted by molar-refractivity contribution is -0.0833. The van der Waals surface area contributed by atoms with E-state index in [9.17, 15) is 4.79 Å². The Balaban J connectivity index is 2.12. The first-order chi connectivity index (χ1) is 12.7. The number of benzene rings is 2. The molecule has 0 bridgehead atoms. The molecule has 2 heterocycles. The maximum atomic E-state index is 12.8. The number of imidazole rings is 1. The number of aromatic nitrogens is 2. The zero-order chi connectivity index (χ0) is 18.3. The van der Waals surface area contributed by atoms with E-state index in [0.29, 0.717) is 0 Å². The van der Waals surface area contributed by atoms with Crippen molar-refractivity contribution in [1.29, 1.82) is 0 Å². The van der Waals surface area contributed by atoms with E-state index in [1.807, 2.05) is 55.5 Å². The predicted molar refractivity (Wildman–Crippen MR) is 99.2 cm³/mol. The van der Waals surface area contributed by atoms with Crippen molar-refractivity contribution >= 4 is 16.7 Å². The fraction of sp³-hybridized carbons (Fsp3) is 0.250. The van der Waals surface area contributed by atoms with Gasteiger partial charge in [0.15, 0.2) is 6.29 Å². The van der Waals surface area contributed by atoms with Crippen molar-refractivity contribution in [3.63, 3.8) is 0 Å². The van der Waals surface area contributed by atoms with E-state index in [1.54, 1.807) is 18.8 Å². The Hall–Kier alpha value is -2.83. The highest BCUT2D eigenvalue weighted by molar-refractivity contribution is 5.85. The van der Waals surface area contributed by atoms with E-state index in [4.69, 9.17) is 14.2 Å². The van der Waals surface area contributed by atoms with Gasteiger partial charge in [-0.3, -0.25) is 4.57 Å². The summed E-state index contributed by atoms with van der Waals surface area (Å²) in [7, 11) is 3.15. The van der Waals surface area contributed by atoms with Gasteiger partial charge in [-0.25, -0.2) is 4.79 Å². The number of nitrogens with one attached hydrogen (secondary N) is 1. The molecular weight excluding hydrogens is 332 g/mol. The van der Waals surface area contributed by atoms with Crippen LogP contribution in [0.4, 0.5) is 0 Å². The zero-order valence-electron chi connectivity index (χ0n) is 14.9. The Kier molecular flexibility index (Phi) is 4.14. The quantitative estimate of drug-likeness (QED) is 0.733. The van der Waals surface area contributed by atoms with Crippen molar-refractivity contribution < 1.29 is 14.2 Å². The van der Waals surface area contributed by atoms with Crippen molar-refractivity contribution in [2.45, 2.75) is 19.3 Å². The lowest BCUT2D eigenvalue weighted by atomic mass is 9.97. The topological polar surface area (TPSA) is 65.5 Å². The fourth-order valence-electron chi connectivity index (χ4n) is 3.55. The molecule has 0 aliphatic carbocycles. The Morgan fingerprint density at radius 1 is 1.08 bits per heavy atom. The Morgan fingerprint density at radius 3 is 2.54 bits per heavy atom. The van der Waals surface area contributed by atoms with Crippen molar-refractivity contribution in [2.24, 2.45) is 0 Å². The van der Waals surface area contributed by atoms with Gasteiger partial charge in [-0.05, 0) is 31.2 Å². The van der Waals surface area contributed by atoms with Gasteiger partial charge in [-0.15, -0.1) is 0 Å². The van der Waals surface area contributed by atoms with Gasteiger partial charge in [-0.1, -0.05) is 24.3 Å². The van der Waals surface area contributed by atoms with Crippen LogP contribution in [0.3, 0.4) is 0 Å². The van der Waals surface area contributed by atoms with Crippen molar-refractivity contribution in [2.75, 3.05) is 14.2 Å². The molecule has 0 spiro atoms. The van der Waals surface area contributed by atoms with Crippen molar-refractivity contribution in [3.05, 3.63) is 70.2 Å². The summed E-state index contributed by atoms with van der Waals surface area (Å²) in [6.45, 7) is 1.93. The number of fused-ring (bicyclic) bond motifs is 2. The second kappa shape index (κ2) is 6.48. The molecule has 6 nitrogen and oxygen atoms in total. The Morgan fingerprint density at radius 2 is 1.77 bits per heavy atom. The third-order valence-corrected chi connectivity index (χ3v) is 4.65. The molecule has 0 saturated heterocycles. The number of para-hydroxylation sites is 3. The van der Waals surface area contributed by atoms with Gasteiger partial charge in [0.25, 0.3) is 0 Å². The normalized spacial score (nSPS) is 16.8. The minimum Gasteiger partial charge on any atom is -0.485 e. The molecule has 3 aromatic rings. The molecule has 0 radical (unpaired) electrons. The summed E-state index contributed by atoms with van der Waals surface area (Å²) in [6, 6.07) is 15.3. The molecule has 1 unspecified atom stereocenters. The van der Waals surface area contributed by atoms with Gasteiger partial charge in [0.1, 0.15) is 11.9 Å². The van der Waals surface area contributed by atoms with Gasteiger partial charge >= 0.3 is 5.69 Å². The number of aromatic amines is 1. The third kappa shape index (κ3) is 2.46. The van der Waals surface area contributed by atoms with Gasteiger partial charge in [0, 0.05) is 19.8 Å². The number of hydrogen-bond acceptors (Lipinski definition) is 4. The molecule has 1 N–H and O–H groups in total. The number of hydrogen-bond donors (Lipinski definition) is 1. The largest absolute Gasteiger partial charge is 0.485 e. The molecule has 1 aliphatic heterocycles. The highest BCUT2D eigenvalue weighted by Gasteiger charge is 2.33. The van der Waals surface area contributed by atoms with Crippen molar-refractivity contribution in [1.82, 2.24) is 9.55 Å². The lowest BCUT2D eigenvalue weighted by Crippen LogP contribution is -2.34. The highest BCUT2D eigenvalue weighted by Crippen LogP contribution is 2.39. The average molecular weight is 352 g/mol. The van der Waals surface area contributed by atoms with E-state index >= 15 is 0 Å². The molecule has 1 atom stereocenters. The van der Waals surface area contributed by atoms with Crippen LogP contribution in [0.15, 0.2) is 58.9 Å². The SMILES string of the molecule is COC(OC)C1=C(n2c(=O)[nH]c3ccccc32)c2ccccc2OC1C. The Bertz CT molecular complexity index is 1040. The summed E-state index contributed by atoms with van der Waals surface area (Å²) < 4.78 is 18.8. The first kappa shape index (κ1) is 16.6. The standard InChI is InChI=1S/C20H20N2O4/c1-12-17(19(24-2)25-3)18(13-8-4-7-11-16(13)26-12)22-15-10-6-5-9-14(15)21-20(22)23/h4-12,19H,1-3H3,(H,21,23). The van der Waals surface area contributed by atoms with Crippen LogP contribution < -0.4 is 10.4 Å². The average Bonchev–Trinajstić information content (AvgIpc) is 2.98. The van der Waals surface area contributed by atoms with Crippen LogP contribution in [0.25, 0.3) is 16.7 Å². The molecule has 134 valence electrons. The van der Waals surface area contributed by atoms with Crippen LogP contribution in [0, 0.1) is 0 Å². The van der Waals surface area contributed by atoms with Gasteiger partial charge in [-0.2, -0.15) is 0 Å². The second-order valence-electron chi connectivity index (χ2n) is 6.15. The van der Waals surface area contributed by atoms with E-state index in [-0.39, 0.29) is 11.8 Å². The predicted octanol–water partition coefficient (Wildman–Crippen LogP) is 2.99. The van der Waals surface area contributed by atoms with E-state index in [2.05, 4.69) is 4.98 Å². The molecule has 4 rings (SSSR count). The van der Waals surface area contributed by atoms with Crippen molar-refractivity contribution in [3.8, 4) is 5.75 Å². The maximum Gasteiger partial charge on any atom is 0.331 e. The molecule has 1 aromatic heterocycles. The minimum absolute atomic E-state index is 0.214. The number of H-pyrrole nitrogens is 1. The second-order valence-corrected chi connectivity index (χ2v) is 6.15. The summed E-state index contributed by atoms with van der Waals surface area (Å²) in [6.07, 6.45) is -0.945. The van der Waals surface area contributed by atoms with Gasteiger partial charge in [0.2, 0.25) is 0 Å². The first-order valence-electron chi connectivity index (χ1n) is 8.41. The number of nitrogens with zero attached hydrogens (tertiary/aromatic N) is 1. The van der Waals surface area contributed by atoms with Crippen LogP contribution in [0.1, 0.15) is 12.5 Å². The molecule has 0 amide bonds. The Labute approximate surface area is 150 Å². The van der Waals surface area contributed by atoms with Crippen LogP contribution in [-0.4, -0.2) is 36.2 Å². The summed E-state index contributed by atoms with van der Waals surface area (Å²) in [4.78, 5) is 15.8. The molecule has 0 saturated carbocycles. The van der Waals surface area contributed by atoms with Crippen LogP contribution in [-0.2, 0) is 9.47 Å². The zero-order valence-corrected chi connectivity index (χ0v) is 14.9. The number of methoxy groups -OCH3 is 2. The lowest BCUT2D eigenvalue weighted by Gasteiger charge is -2.32. The highest BCUT2D eigenvalue weighted by atomic mass is 16.7. The van der Waals surface area contributed by atoms with Gasteiger partial charge in [0.05, 0.1) is 22.3 Å². The van der Waals surface area contributed by atoms with Crippen LogP contribution in [0.5, 0.6) is 5.75 Å². The minimum atomic E-state index is -0.631. The summed E-state index contributed by atoms with van der Waals surface area (Å²) in [5.74, 6) is 0.724.